The third-order valence-electron chi connectivity index (χ3n) is 5.04. The SMILES string of the molecule is CC1CC(C)CC(NC2CC(=O)N(C)c3ccccc32)C1. The van der Waals surface area contributed by atoms with Crippen molar-refractivity contribution in [2.75, 3.05) is 11.9 Å². The number of nitrogens with zero attached hydrogens (tertiary/aromatic N) is 1. The molecule has 1 aromatic rings. The summed E-state index contributed by atoms with van der Waals surface area (Å²) in [5, 5.41) is 3.78. The van der Waals surface area contributed by atoms with Crippen molar-refractivity contribution < 1.29 is 4.79 Å². The van der Waals surface area contributed by atoms with E-state index in [0.717, 1.165) is 17.5 Å². The van der Waals surface area contributed by atoms with Crippen molar-refractivity contribution in [2.24, 2.45) is 11.8 Å². The van der Waals surface area contributed by atoms with E-state index in [0.29, 0.717) is 12.5 Å². The van der Waals surface area contributed by atoms with Crippen LogP contribution < -0.4 is 10.2 Å². The zero-order chi connectivity index (χ0) is 15.0. The van der Waals surface area contributed by atoms with Gasteiger partial charge >= 0.3 is 0 Å². The van der Waals surface area contributed by atoms with Gasteiger partial charge in [-0.15, -0.1) is 0 Å². The maximum Gasteiger partial charge on any atom is 0.228 e. The van der Waals surface area contributed by atoms with Crippen LogP contribution in [-0.4, -0.2) is 19.0 Å². The van der Waals surface area contributed by atoms with E-state index in [-0.39, 0.29) is 11.9 Å². The number of carbonyl (C=O) groups excluding carboxylic acids is 1. The summed E-state index contributed by atoms with van der Waals surface area (Å²) in [7, 11) is 1.88. The molecule has 114 valence electrons. The van der Waals surface area contributed by atoms with Crippen LogP contribution in [0, 0.1) is 11.8 Å². The van der Waals surface area contributed by atoms with Gasteiger partial charge in [-0.2, -0.15) is 0 Å². The van der Waals surface area contributed by atoms with E-state index < -0.39 is 0 Å². The monoisotopic (exact) mass is 286 g/mol. The van der Waals surface area contributed by atoms with E-state index in [2.05, 4.69) is 31.3 Å². The fourth-order valence-electron chi connectivity index (χ4n) is 4.16. The van der Waals surface area contributed by atoms with Gasteiger partial charge in [0, 0.05) is 31.2 Å². The number of para-hydroxylation sites is 1. The Morgan fingerprint density at radius 3 is 2.48 bits per heavy atom. The molecular formula is C18H26N2O. The molecule has 0 radical (unpaired) electrons. The van der Waals surface area contributed by atoms with Gasteiger partial charge < -0.3 is 10.2 Å². The van der Waals surface area contributed by atoms with Crippen LogP contribution in [0.4, 0.5) is 5.69 Å². The molecule has 3 atom stereocenters. The van der Waals surface area contributed by atoms with Crippen LogP contribution in [0.3, 0.4) is 0 Å². The summed E-state index contributed by atoms with van der Waals surface area (Å²) < 4.78 is 0. The first-order valence-corrected chi connectivity index (χ1v) is 8.16. The van der Waals surface area contributed by atoms with Crippen molar-refractivity contribution >= 4 is 11.6 Å². The van der Waals surface area contributed by atoms with E-state index in [1.54, 1.807) is 4.90 Å². The van der Waals surface area contributed by atoms with E-state index in [1.807, 2.05) is 19.2 Å². The highest BCUT2D eigenvalue weighted by molar-refractivity contribution is 5.96. The molecule has 1 saturated carbocycles. The van der Waals surface area contributed by atoms with Crippen LogP contribution in [0.15, 0.2) is 24.3 Å². The van der Waals surface area contributed by atoms with E-state index in [4.69, 9.17) is 0 Å². The van der Waals surface area contributed by atoms with E-state index >= 15 is 0 Å². The third-order valence-corrected chi connectivity index (χ3v) is 5.04. The molecule has 0 saturated heterocycles. The first-order chi connectivity index (χ1) is 10.0. The van der Waals surface area contributed by atoms with Crippen molar-refractivity contribution in [1.82, 2.24) is 5.32 Å². The fourth-order valence-corrected chi connectivity index (χ4v) is 4.16. The summed E-state index contributed by atoms with van der Waals surface area (Å²) in [4.78, 5) is 14.0. The Morgan fingerprint density at radius 2 is 1.76 bits per heavy atom. The minimum atomic E-state index is 0.174. The van der Waals surface area contributed by atoms with Crippen LogP contribution in [0.25, 0.3) is 0 Å². The molecule has 1 fully saturated rings. The number of nitrogens with one attached hydrogen (secondary N) is 1. The lowest BCUT2D eigenvalue weighted by molar-refractivity contribution is -0.119. The highest BCUT2D eigenvalue weighted by atomic mass is 16.2. The Kier molecular flexibility index (Phi) is 4.03. The molecular weight excluding hydrogens is 260 g/mol. The van der Waals surface area contributed by atoms with Gasteiger partial charge in [-0.1, -0.05) is 32.0 Å². The van der Waals surface area contributed by atoms with E-state index in [1.165, 1.54) is 24.8 Å². The van der Waals surface area contributed by atoms with Crippen molar-refractivity contribution in [3.63, 3.8) is 0 Å². The predicted octanol–water partition coefficient (Wildman–Crippen LogP) is 3.51. The molecule has 3 rings (SSSR count). The Morgan fingerprint density at radius 1 is 1.10 bits per heavy atom. The van der Waals surface area contributed by atoms with E-state index in [9.17, 15) is 4.79 Å². The smallest absolute Gasteiger partial charge is 0.228 e. The van der Waals surface area contributed by atoms with Gasteiger partial charge in [0.15, 0.2) is 0 Å². The van der Waals surface area contributed by atoms with Crippen molar-refractivity contribution in [3.05, 3.63) is 29.8 Å². The van der Waals surface area contributed by atoms with Crippen LogP contribution in [0.2, 0.25) is 0 Å². The molecule has 1 amide bonds. The second kappa shape index (κ2) is 5.80. The number of hydrogen-bond acceptors (Lipinski definition) is 2. The number of amides is 1. The van der Waals surface area contributed by atoms with Crippen LogP contribution in [0.5, 0.6) is 0 Å². The standard InChI is InChI=1S/C18H26N2O/c1-12-8-13(2)10-14(9-12)19-16-11-18(21)20(3)17-7-5-4-6-15(16)17/h4-7,12-14,16,19H,8-11H2,1-3H3. The number of rotatable bonds is 2. The molecule has 3 heteroatoms. The quantitative estimate of drug-likeness (QED) is 0.902. The number of fused-ring (bicyclic) bond motifs is 1. The minimum Gasteiger partial charge on any atom is -0.315 e. The molecule has 1 aliphatic heterocycles. The number of hydrogen-bond donors (Lipinski definition) is 1. The second-order valence-corrected chi connectivity index (χ2v) is 7.05. The highest BCUT2D eigenvalue weighted by Gasteiger charge is 2.32. The number of carbonyl (C=O) groups is 1. The van der Waals surface area contributed by atoms with Crippen molar-refractivity contribution in [3.8, 4) is 0 Å². The molecule has 2 aliphatic rings. The van der Waals surface area contributed by atoms with Crippen molar-refractivity contribution in [1.29, 1.82) is 0 Å². The summed E-state index contributed by atoms with van der Waals surface area (Å²) in [6.45, 7) is 4.69. The summed E-state index contributed by atoms with van der Waals surface area (Å²) in [6, 6.07) is 9.00. The topological polar surface area (TPSA) is 32.3 Å². The van der Waals surface area contributed by atoms with Gasteiger partial charge in [-0.05, 0) is 42.7 Å². The lowest BCUT2D eigenvalue weighted by Crippen LogP contribution is -2.43. The lowest BCUT2D eigenvalue weighted by Gasteiger charge is -2.38. The zero-order valence-electron chi connectivity index (χ0n) is 13.3. The lowest BCUT2D eigenvalue weighted by atomic mass is 9.80. The van der Waals surface area contributed by atoms with Gasteiger partial charge in [-0.3, -0.25) is 4.79 Å². The van der Waals surface area contributed by atoms with Crippen LogP contribution in [-0.2, 0) is 4.79 Å². The molecule has 1 N–H and O–H groups in total. The van der Waals surface area contributed by atoms with Crippen molar-refractivity contribution in [2.45, 2.75) is 51.6 Å². The Hall–Kier alpha value is -1.35. The normalized spacial score (nSPS) is 32.9. The number of anilines is 1. The molecule has 1 aromatic carbocycles. The Balaban J connectivity index is 1.79. The van der Waals surface area contributed by atoms with Gasteiger partial charge in [0.1, 0.15) is 0 Å². The molecule has 0 spiro atoms. The van der Waals surface area contributed by atoms with Gasteiger partial charge in [0.05, 0.1) is 0 Å². The summed E-state index contributed by atoms with van der Waals surface area (Å²) in [5.74, 6) is 1.77. The molecule has 0 bridgehead atoms. The average Bonchev–Trinajstić information content (AvgIpc) is 2.43. The highest BCUT2D eigenvalue weighted by Crippen LogP contribution is 2.36. The number of benzene rings is 1. The molecule has 21 heavy (non-hydrogen) atoms. The maximum absolute atomic E-state index is 12.2. The minimum absolute atomic E-state index is 0.174. The molecule has 0 aromatic heterocycles. The van der Waals surface area contributed by atoms with Gasteiger partial charge in [0.25, 0.3) is 0 Å². The fraction of sp³-hybridized carbons (Fsp3) is 0.611. The molecule has 1 heterocycles. The molecule has 1 aliphatic carbocycles. The third kappa shape index (κ3) is 2.98. The van der Waals surface area contributed by atoms with Gasteiger partial charge in [0.2, 0.25) is 5.91 Å². The summed E-state index contributed by atoms with van der Waals surface area (Å²) >= 11 is 0. The Labute approximate surface area is 127 Å². The summed E-state index contributed by atoms with van der Waals surface area (Å²) in [5.41, 5.74) is 2.33. The molecule has 3 unspecified atom stereocenters. The van der Waals surface area contributed by atoms with Crippen LogP contribution in [0.1, 0.15) is 51.1 Å². The largest absolute Gasteiger partial charge is 0.315 e. The second-order valence-electron chi connectivity index (χ2n) is 7.05. The van der Waals surface area contributed by atoms with Crippen LogP contribution >= 0.6 is 0 Å². The maximum atomic E-state index is 12.2. The first-order valence-electron chi connectivity index (χ1n) is 8.16. The predicted molar refractivity (Wildman–Crippen MR) is 86.3 cm³/mol. The van der Waals surface area contributed by atoms with Gasteiger partial charge in [-0.25, -0.2) is 0 Å². The summed E-state index contributed by atoms with van der Waals surface area (Å²) in [6.07, 6.45) is 4.37. The average molecular weight is 286 g/mol. The first kappa shape index (κ1) is 14.6. The zero-order valence-corrected chi connectivity index (χ0v) is 13.3. The molecule has 3 nitrogen and oxygen atoms in total. The Bertz CT molecular complexity index is 518.